The van der Waals surface area contributed by atoms with E-state index >= 15 is 0 Å². The molecule has 1 unspecified atom stereocenters. The van der Waals surface area contributed by atoms with Gasteiger partial charge in [0.15, 0.2) is 0 Å². The number of hydrogen-bond acceptors (Lipinski definition) is 4. The fourth-order valence-corrected chi connectivity index (χ4v) is 2.42. The van der Waals surface area contributed by atoms with Crippen LogP contribution in [0.3, 0.4) is 0 Å². The van der Waals surface area contributed by atoms with Gasteiger partial charge in [-0.15, -0.1) is 25.6 Å². The number of sulfonamides is 1. The van der Waals surface area contributed by atoms with E-state index in [-0.39, 0.29) is 29.9 Å². The molecule has 0 fully saturated rings. The van der Waals surface area contributed by atoms with Gasteiger partial charge in [-0.05, 0) is 26.1 Å². The predicted octanol–water partition coefficient (Wildman–Crippen LogP) is 1.89. The van der Waals surface area contributed by atoms with Crippen LogP contribution in [-0.2, 0) is 10.0 Å². The number of benzene rings is 1. The maximum absolute atomic E-state index is 12.1. The van der Waals surface area contributed by atoms with Gasteiger partial charge < -0.3 is 10.1 Å². The van der Waals surface area contributed by atoms with Crippen LogP contribution in [0.5, 0.6) is 5.75 Å². The standard InChI is InChI=1S/C11H15F3N2O3S.ClH/c1-8(15-2)7-16-20(17,18)10-5-3-4-9(6-10)19-11(12,13)14;/h3-6,8,15-16H,7H2,1-2H3;1H. The van der Waals surface area contributed by atoms with Crippen molar-refractivity contribution in [3.05, 3.63) is 24.3 Å². The highest BCUT2D eigenvalue weighted by molar-refractivity contribution is 7.89. The Morgan fingerprint density at radius 3 is 2.48 bits per heavy atom. The van der Waals surface area contributed by atoms with Gasteiger partial charge >= 0.3 is 6.36 Å². The molecule has 1 aromatic carbocycles. The van der Waals surface area contributed by atoms with Crippen molar-refractivity contribution in [2.24, 2.45) is 0 Å². The van der Waals surface area contributed by atoms with Crippen LogP contribution in [0, 0.1) is 0 Å². The van der Waals surface area contributed by atoms with Gasteiger partial charge in [0.1, 0.15) is 5.75 Å². The third-order valence-corrected chi connectivity index (χ3v) is 3.84. The minimum atomic E-state index is -4.86. The lowest BCUT2D eigenvalue weighted by atomic mass is 10.3. The first kappa shape index (κ1) is 20.0. The van der Waals surface area contributed by atoms with E-state index in [2.05, 4.69) is 14.8 Å². The summed E-state index contributed by atoms with van der Waals surface area (Å²) in [4.78, 5) is -0.289. The van der Waals surface area contributed by atoms with E-state index in [9.17, 15) is 21.6 Å². The Kier molecular flexibility index (Phi) is 7.45. The molecule has 1 atom stereocenters. The molecule has 0 aromatic heterocycles. The molecule has 0 radical (unpaired) electrons. The van der Waals surface area contributed by atoms with Gasteiger partial charge in [-0.1, -0.05) is 6.07 Å². The van der Waals surface area contributed by atoms with Crippen molar-refractivity contribution in [2.75, 3.05) is 13.6 Å². The predicted molar refractivity (Wildman–Crippen MR) is 74.1 cm³/mol. The summed E-state index contributed by atoms with van der Waals surface area (Å²) >= 11 is 0. The number of alkyl halides is 3. The van der Waals surface area contributed by atoms with Gasteiger partial charge in [0.2, 0.25) is 10.0 Å². The molecule has 2 N–H and O–H groups in total. The maximum Gasteiger partial charge on any atom is 0.573 e. The topological polar surface area (TPSA) is 67.4 Å². The second-order valence-electron chi connectivity index (χ2n) is 4.06. The molecule has 0 bridgehead atoms. The number of likely N-dealkylation sites (N-methyl/N-ethyl adjacent to an activating group) is 1. The lowest BCUT2D eigenvalue weighted by Gasteiger charge is -2.13. The minimum absolute atomic E-state index is 0. The molecular formula is C11H16ClF3N2O3S. The Morgan fingerprint density at radius 2 is 1.95 bits per heavy atom. The highest BCUT2D eigenvalue weighted by Gasteiger charge is 2.31. The van der Waals surface area contributed by atoms with Crippen molar-refractivity contribution in [1.29, 1.82) is 0 Å². The summed E-state index contributed by atoms with van der Waals surface area (Å²) < 4.78 is 66.0. The van der Waals surface area contributed by atoms with Crippen molar-refractivity contribution in [3.8, 4) is 5.75 Å². The lowest BCUT2D eigenvalue weighted by molar-refractivity contribution is -0.274. The zero-order chi connectivity index (χ0) is 15.4. The van der Waals surface area contributed by atoms with Gasteiger partial charge in [0.05, 0.1) is 4.90 Å². The van der Waals surface area contributed by atoms with Crippen LogP contribution in [0.1, 0.15) is 6.92 Å². The van der Waals surface area contributed by atoms with Crippen LogP contribution in [0.2, 0.25) is 0 Å². The SMILES string of the molecule is CNC(C)CNS(=O)(=O)c1cccc(OC(F)(F)F)c1.Cl. The van der Waals surface area contributed by atoms with Crippen LogP contribution in [0.15, 0.2) is 29.2 Å². The quantitative estimate of drug-likeness (QED) is 0.824. The number of nitrogens with one attached hydrogen (secondary N) is 2. The molecule has 0 spiro atoms. The van der Waals surface area contributed by atoms with Gasteiger partial charge in [0, 0.05) is 18.7 Å². The second kappa shape index (κ2) is 7.83. The number of rotatable bonds is 6. The first-order chi connectivity index (χ1) is 9.14. The van der Waals surface area contributed by atoms with Crippen molar-refractivity contribution in [2.45, 2.75) is 24.2 Å². The van der Waals surface area contributed by atoms with Gasteiger partial charge in [0.25, 0.3) is 0 Å². The molecule has 21 heavy (non-hydrogen) atoms. The van der Waals surface area contributed by atoms with E-state index in [1.165, 1.54) is 12.1 Å². The van der Waals surface area contributed by atoms with Crippen molar-refractivity contribution < 1.29 is 26.3 Å². The minimum Gasteiger partial charge on any atom is -0.406 e. The first-order valence-corrected chi connectivity index (χ1v) is 7.15. The molecular weight excluding hydrogens is 333 g/mol. The Morgan fingerprint density at radius 1 is 1.33 bits per heavy atom. The van der Waals surface area contributed by atoms with Gasteiger partial charge in [-0.2, -0.15) is 0 Å². The molecule has 1 rings (SSSR count). The summed E-state index contributed by atoms with van der Waals surface area (Å²) in [6, 6.07) is 4.11. The average molecular weight is 349 g/mol. The molecule has 0 saturated carbocycles. The van der Waals surface area contributed by atoms with Gasteiger partial charge in [-0.3, -0.25) is 0 Å². The van der Waals surface area contributed by atoms with E-state index in [1.54, 1.807) is 14.0 Å². The molecule has 0 saturated heterocycles. The highest BCUT2D eigenvalue weighted by Crippen LogP contribution is 2.24. The van der Waals surface area contributed by atoms with Gasteiger partial charge in [-0.25, -0.2) is 13.1 Å². The molecule has 0 aliphatic carbocycles. The Balaban J connectivity index is 0.00000400. The van der Waals surface area contributed by atoms with E-state index < -0.39 is 22.1 Å². The summed E-state index contributed by atoms with van der Waals surface area (Å²) in [5.74, 6) is -0.581. The number of ether oxygens (including phenoxy) is 1. The van der Waals surface area contributed by atoms with E-state index in [4.69, 9.17) is 0 Å². The molecule has 10 heteroatoms. The van der Waals surface area contributed by atoms with E-state index in [0.29, 0.717) is 0 Å². The fourth-order valence-electron chi connectivity index (χ4n) is 1.26. The molecule has 1 aromatic rings. The maximum atomic E-state index is 12.1. The van der Waals surface area contributed by atoms with E-state index in [0.717, 1.165) is 12.1 Å². The summed E-state index contributed by atoms with van der Waals surface area (Å²) in [7, 11) is -2.22. The fraction of sp³-hybridized carbons (Fsp3) is 0.455. The Hall–Kier alpha value is -1.03. The average Bonchev–Trinajstić information content (AvgIpc) is 2.34. The third-order valence-electron chi connectivity index (χ3n) is 2.42. The van der Waals surface area contributed by atoms with Crippen molar-refractivity contribution in [3.63, 3.8) is 0 Å². The smallest absolute Gasteiger partial charge is 0.406 e. The van der Waals surface area contributed by atoms with Crippen molar-refractivity contribution in [1.82, 2.24) is 10.0 Å². The largest absolute Gasteiger partial charge is 0.573 e. The Bertz CT molecular complexity index is 552. The summed E-state index contributed by atoms with van der Waals surface area (Å²) in [5, 5.41) is 2.83. The van der Waals surface area contributed by atoms with Crippen LogP contribution in [0.4, 0.5) is 13.2 Å². The second-order valence-corrected chi connectivity index (χ2v) is 5.83. The molecule has 0 amide bonds. The molecule has 5 nitrogen and oxygen atoms in total. The highest BCUT2D eigenvalue weighted by atomic mass is 35.5. The molecule has 0 aliphatic rings. The van der Waals surface area contributed by atoms with Crippen molar-refractivity contribution >= 4 is 22.4 Å². The van der Waals surface area contributed by atoms with E-state index in [1.807, 2.05) is 0 Å². The molecule has 0 aliphatic heterocycles. The summed E-state index contributed by atoms with van der Waals surface area (Å²) in [6.07, 6.45) is -4.86. The monoisotopic (exact) mass is 348 g/mol. The molecule has 0 heterocycles. The van der Waals surface area contributed by atoms with Crippen LogP contribution >= 0.6 is 12.4 Å². The van der Waals surface area contributed by atoms with Crippen LogP contribution in [0.25, 0.3) is 0 Å². The first-order valence-electron chi connectivity index (χ1n) is 5.67. The summed E-state index contributed by atoms with van der Waals surface area (Å²) in [5.41, 5.74) is 0. The summed E-state index contributed by atoms with van der Waals surface area (Å²) in [6.45, 7) is 1.87. The molecule has 122 valence electrons. The zero-order valence-corrected chi connectivity index (χ0v) is 12.9. The number of hydrogen-bond donors (Lipinski definition) is 2. The number of halogens is 4. The third kappa shape index (κ3) is 6.98. The van der Waals surface area contributed by atoms with Crippen LogP contribution in [-0.4, -0.2) is 34.4 Å². The zero-order valence-electron chi connectivity index (χ0n) is 11.3. The normalized spacial score (nSPS) is 13.4. The Labute approximate surface area is 127 Å². The van der Waals surface area contributed by atoms with Crippen LogP contribution < -0.4 is 14.8 Å². The lowest BCUT2D eigenvalue weighted by Crippen LogP contribution is -2.37.